The molecule has 0 unspecified atom stereocenters. The van der Waals surface area contributed by atoms with Crippen molar-refractivity contribution in [3.8, 4) is 22.6 Å². The molecule has 6 N–H and O–H groups in total. The van der Waals surface area contributed by atoms with Gasteiger partial charge in [-0.1, -0.05) is 137 Å². The van der Waals surface area contributed by atoms with Crippen molar-refractivity contribution in [3.05, 3.63) is 112 Å². The topological polar surface area (TPSA) is 189 Å². The smallest absolute Gasteiger partial charge is 0.382 e. The number of alkyl halides is 3. The minimum Gasteiger partial charge on any atom is -0.382 e. The van der Waals surface area contributed by atoms with E-state index in [1.54, 1.807) is 23.5 Å². The summed E-state index contributed by atoms with van der Waals surface area (Å²) in [5.41, 5.74) is 9.09. The summed E-state index contributed by atoms with van der Waals surface area (Å²) in [5, 5.41) is 25.8. The molecule has 1 aliphatic rings. The van der Waals surface area contributed by atoms with Crippen LogP contribution in [0.5, 0.6) is 0 Å². The van der Waals surface area contributed by atoms with Gasteiger partial charge in [-0.2, -0.15) is 18.2 Å². The van der Waals surface area contributed by atoms with Gasteiger partial charge in [0.05, 0.1) is 5.69 Å². The van der Waals surface area contributed by atoms with Gasteiger partial charge in [-0.3, -0.25) is 14.4 Å². The second kappa shape index (κ2) is 25.2. The third kappa shape index (κ3) is 15.0. The van der Waals surface area contributed by atoms with E-state index in [0.717, 1.165) is 92.8 Å². The number of rotatable bonds is 25. The van der Waals surface area contributed by atoms with Crippen LogP contribution in [0.25, 0.3) is 22.6 Å². The van der Waals surface area contributed by atoms with Crippen molar-refractivity contribution in [1.82, 2.24) is 36.0 Å². The van der Waals surface area contributed by atoms with E-state index in [4.69, 9.17) is 10.7 Å². The number of nitrogens with one attached hydrogen (secondary N) is 3. The highest BCUT2D eigenvalue weighted by Gasteiger charge is 2.40. The van der Waals surface area contributed by atoms with Gasteiger partial charge in [0, 0.05) is 46.6 Å². The molecule has 366 valence electrons. The Morgan fingerprint density at radius 1 is 0.824 bits per heavy atom. The van der Waals surface area contributed by atoms with Gasteiger partial charge in [0.2, 0.25) is 11.7 Å². The lowest BCUT2D eigenvalue weighted by molar-refractivity contribution is -0.159. The third-order valence-corrected chi connectivity index (χ3v) is 13.8. The maximum atomic E-state index is 13.6. The summed E-state index contributed by atoms with van der Waals surface area (Å²) in [7, 11) is 0. The summed E-state index contributed by atoms with van der Waals surface area (Å²) in [6.45, 7) is 7.33. The number of benzene rings is 3. The Labute approximate surface area is 400 Å². The molecule has 1 fully saturated rings. The molecule has 68 heavy (non-hydrogen) atoms. The Kier molecular flexibility index (Phi) is 19.2. The first-order valence-electron chi connectivity index (χ1n) is 23.8. The molecule has 0 saturated carbocycles. The summed E-state index contributed by atoms with van der Waals surface area (Å²) >= 11 is 1.61. The first kappa shape index (κ1) is 51.9. The molecular weight excluding hydrogens is 894 g/mol. The Bertz CT molecular complexity index is 2340. The Morgan fingerprint density at radius 2 is 1.46 bits per heavy atom. The van der Waals surface area contributed by atoms with Crippen LogP contribution in [-0.2, 0) is 27.6 Å². The number of halogens is 3. The molecule has 0 bridgehead atoms. The van der Waals surface area contributed by atoms with Crippen molar-refractivity contribution in [2.24, 2.45) is 11.7 Å². The van der Waals surface area contributed by atoms with Crippen LogP contribution in [0.1, 0.15) is 111 Å². The fourth-order valence-electron chi connectivity index (χ4n) is 8.52. The van der Waals surface area contributed by atoms with Gasteiger partial charge in [0.25, 0.3) is 11.8 Å². The van der Waals surface area contributed by atoms with Crippen LogP contribution in [0.2, 0.25) is 0 Å². The van der Waals surface area contributed by atoms with Crippen molar-refractivity contribution in [2.75, 3.05) is 32.7 Å². The van der Waals surface area contributed by atoms with Crippen molar-refractivity contribution >= 4 is 29.1 Å². The molecule has 0 radical (unpaired) electrons. The zero-order chi connectivity index (χ0) is 48.5. The van der Waals surface area contributed by atoms with Crippen LogP contribution in [0, 0.1) is 5.92 Å². The molecule has 17 heteroatoms. The monoisotopic (exact) mass is 958 g/mol. The second-order valence-corrected chi connectivity index (χ2v) is 19.1. The largest absolute Gasteiger partial charge is 0.471 e. The maximum absolute atomic E-state index is 13.6. The second-order valence-electron chi connectivity index (χ2n) is 18.2. The van der Waals surface area contributed by atoms with E-state index in [1.807, 2.05) is 74.5 Å². The standard InChI is InChI=1S/C51H65F3N8O5S/c1-35(2)42(59-47(66)43(63)40(55)31-36-19-12-10-13-20-36)46(65)56-27-16-8-6-4-3-5-7-9-17-28-62-29-25-50(26-30-62,49-58-41(33-68-49)37-21-14-11-15-22-37)34-57-45(64)39-24-18-23-38(32-39)44-60-48(67-61-44)51(52,53)54/h10-15,18-24,32-33,35,40,42-43,63H,3-9,16-17,25-31,34,55H2,1-2H3,(H,56,65)(H,57,64)(H,59,66)/t40-,42+,43+/m1/s1. The molecule has 3 heterocycles. The number of nitrogens with zero attached hydrogens (tertiary/aromatic N) is 4. The van der Waals surface area contributed by atoms with Crippen LogP contribution in [0.15, 0.2) is 94.8 Å². The van der Waals surface area contributed by atoms with Gasteiger partial charge < -0.3 is 36.2 Å². The molecule has 6 rings (SSSR count). The molecule has 13 nitrogen and oxygen atoms in total. The molecule has 0 aliphatic carbocycles. The van der Waals surface area contributed by atoms with Crippen molar-refractivity contribution < 1.29 is 37.2 Å². The number of aliphatic hydroxyl groups excluding tert-OH is 1. The van der Waals surface area contributed by atoms with E-state index in [-0.39, 0.29) is 34.7 Å². The minimum atomic E-state index is -4.77. The number of amides is 3. The molecule has 1 saturated heterocycles. The van der Waals surface area contributed by atoms with Crippen molar-refractivity contribution in [1.29, 1.82) is 0 Å². The lowest BCUT2D eigenvalue weighted by Crippen LogP contribution is -2.55. The minimum absolute atomic E-state index is 0.164. The fourth-order valence-corrected chi connectivity index (χ4v) is 9.61. The zero-order valence-electron chi connectivity index (χ0n) is 39.0. The predicted octanol–water partition coefficient (Wildman–Crippen LogP) is 8.34. The van der Waals surface area contributed by atoms with Gasteiger partial charge in [-0.05, 0) is 75.4 Å². The van der Waals surface area contributed by atoms with E-state index in [2.05, 4.69) is 40.9 Å². The number of nitrogens with two attached hydrogens (primary N) is 1. The van der Waals surface area contributed by atoms with E-state index in [9.17, 15) is 32.7 Å². The van der Waals surface area contributed by atoms with Gasteiger partial charge in [-0.15, -0.1) is 11.3 Å². The lowest BCUT2D eigenvalue weighted by atomic mass is 9.78. The van der Waals surface area contributed by atoms with Gasteiger partial charge in [0.1, 0.15) is 17.2 Å². The number of thiazole rings is 1. The summed E-state index contributed by atoms with van der Waals surface area (Å²) in [4.78, 5) is 50.4. The third-order valence-electron chi connectivity index (χ3n) is 12.7. The first-order valence-corrected chi connectivity index (χ1v) is 24.7. The van der Waals surface area contributed by atoms with E-state index in [0.29, 0.717) is 19.5 Å². The summed E-state index contributed by atoms with van der Waals surface area (Å²) < 4.78 is 43.7. The molecule has 1 aliphatic heterocycles. The normalized spacial score (nSPS) is 15.4. The van der Waals surface area contributed by atoms with Crippen LogP contribution in [0.4, 0.5) is 13.2 Å². The maximum Gasteiger partial charge on any atom is 0.471 e. The summed E-state index contributed by atoms with van der Waals surface area (Å²) in [6.07, 6.45) is 5.62. The van der Waals surface area contributed by atoms with Crippen molar-refractivity contribution in [2.45, 2.75) is 121 Å². The summed E-state index contributed by atoms with van der Waals surface area (Å²) in [5.74, 6) is -3.12. The number of carbonyl (C=O) groups is 3. The Balaban J connectivity index is 0.876. The van der Waals surface area contributed by atoms with Crippen LogP contribution in [0.3, 0.4) is 0 Å². The summed E-state index contributed by atoms with van der Waals surface area (Å²) in [6, 6.07) is 24.0. The first-order chi connectivity index (χ1) is 32.7. The number of aromatic nitrogens is 3. The molecular formula is C51H65F3N8O5S. The van der Waals surface area contributed by atoms with E-state index >= 15 is 0 Å². The molecule has 3 aromatic carbocycles. The van der Waals surface area contributed by atoms with Crippen LogP contribution < -0.4 is 21.7 Å². The van der Waals surface area contributed by atoms with Crippen LogP contribution in [-0.4, -0.2) is 93.8 Å². The van der Waals surface area contributed by atoms with Crippen molar-refractivity contribution in [3.63, 3.8) is 0 Å². The molecule has 3 atom stereocenters. The highest BCUT2D eigenvalue weighted by Crippen LogP contribution is 2.39. The van der Waals surface area contributed by atoms with E-state index in [1.165, 1.54) is 31.4 Å². The quantitative estimate of drug-likeness (QED) is 0.0356. The average molecular weight is 959 g/mol. The number of hydrogen-bond acceptors (Lipinski definition) is 11. The number of aliphatic hydroxyl groups is 1. The molecule has 0 spiro atoms. The fraction of sp³-hybridized carbons (Fsp3) is 0.490. The lowest BCUT2D eigenvalue weighted by Gasteiger charge is -2.40. The number of likely N-dealkylation sites (tertiary alicyclic amines) is 1. The highest BCUT2D eigenvalue weighted by molar-refractivity contribution is 7.10. The van der Waals surface area contributed by atoms with Gasteiger partial charge in [-0.25, -0.2) is 4.98 Å². The van der Waals surface area contributed by atoms with Gasteiger partial charge >= 0.3 is 12.1 Å². The Hall–Kier alpha value is -5.49. The van der Waals surface area contributed by atoms with E-state index < -0.39 is 41.6 Å². The van der Waals surface area contributed by atoms with Gasteiger partial charge in [0.15, 0.2) is 0 Å². The number of hydrogen-bond donors (Lipinski definition) is 5. The van der Waals surface area contributed by atoms with Crippen LogP contribution >= 0.6 is 11.3 Å². The highest BCUT2D eigenvalue weighted by atomic mass is 32.1. The number of carbonyl (C=O) groups excluding carboxylic acids is 3. The molecule has 2 aromatic heterocycles. The SMILES string of the molecule is CC(C)[C@H](NC(=O)[C@@H](O)[C@H](N)Cc1ccccc1)C(=O)NCCCCCCCCCCCN1CCC(CNC(=O)c2cccc(-c3noc(C(F)(F)F)n3)c2)(c2nc(-c3ccccc3)cs2)CC1. The number of piperidine rings is 1. The Morgan fingerprint density at radius 3 is 2.10 bits per heavy atom. The molecule has 5 aromatic rings. The zero-order valence-corrected chi connectivity index (χ0v) is 39.8. The average Bonchev–Trinajstić information content (AvgIpc) is 4.06. The molecule has 3 amide bonds. The number of unbranched alkanes of at least 4 members (excludes halogenated alkanes) is 8. The predicted molar refractivity (Wildman–Crippen MR) is 257 cm³/mol.